The molecular formula is C26H17N3O2S2. The molecule has 3 aromatic carbocycles. The first-order valence-electron chi connectivity index (χ1n) is 10.4. The van der Waals surface area contributed by atoms with Crippen molar-refractivity contribution in [2.24, 2.45) is 10.2 Å². The van der Waals surface area contributed by atoms with Gasteiger partial charge in [-0.15, -0.1) is 10.2 Å². The molecule has 0 saturated carbocycles. The van der Waals surface area contributed by atoms with Crippen LogP contribution < -0.4 is 4.90 Å². The lowest BCUT2D eigenvalue weighted by atomic mass is 10.0. The number of rotatable bonds is 2. The molecule has 33 heavy (non-hydrogen) atoms. The molecule has 3 aromatic rings. The van der Waals surface area contributed by atoms with Crippen molar-refractivity contribution in [1.82, 2.24) is 0 Å². The van der Waals surface area contributed by atoms with E-state index in [1.54, 1.807) is 11.9 Å². The minimum atomic E-state index is -0.947. The molecule has 1 atom stereocenters. The van der Waals surface area contributed by atoms with E-state index in [1.807, 2.05) is 84.9 Å². The van der Waals surface area contributed by atoms with Crippen molar-refractivity contribution in [3.63, 3.8) is 0 Å². The Bertz CT molecular complexity index is 1470. The molecule has 1 unspecified atom stereocenters. The highest BCUT2D eigenvalue weighted by molar-refractivity contribution is 8.59. The number of thioether (sulfide) groups is 1. The first-order valence-corrected chi connectivity index (χ1v) is 12.4. The summed E-state index contributed by atoms with van der Waals surface area (Å²) in [7, 11) is 0.793. The van der Waals surface area contributed by atoms with Crippen molar-refractivity contribution in [2.45, 2.75) is 0 Å². The van der Waals surface area contributed by atoms with E-state index >= 15 is 0 Å². The molecule has 0 N–H and O–H groups in total. The third-order valence-corrected chi connectivity index (χ3v) is 9.32. The molecule has 6 rings (SSSR count). The molecule has 0 aromatic heterocycles. The zero-order valence-corrected chi connectivity index (χ0v) is 19.2. The predicted octanol–water partition coefficient (Wildman–Crippen LogP) is 4.91. The Morgan fingerprint density at radius 1 is 0.788 bits per heavy atom. The number of likely N-dealkylation sites (N-methyl/N-ethyl adjacent to an activating group) is 1. The van der Waals surface area contributed by atoms with Gasteiger partial charge in [0.05, 0.1) is 16.2 Å². The molecule has 3 aliphatic rings. The second-order valence-electron chi connectivity index (χ2n) is 7.66. The van der Waals surface area contributed by atoms with E-state index in [1.165, 1.54) is 11.8 Å². The minimum absolute atomic E-state index is 0.0746. The van der Waals surface area contributed by atoms with Crippen LogP contribution in [0.1, 0.15) is 16.7 Å². The van der Waals surface area contributed by atoms with Crippen LogP contribution in [0.3, 0.4) is 0 Å². The van der Waals surface area contributed by atoms with E-state index in [0.29, 0.717) is 20.6 Å². The van der Waals surface area contributed by atoms with Crippen LogP contribution in [0.15, 0.2) is 100 Å². The van der Waals surface area contributed by atoms with Gasteiger partial charge in [0.2, 0.25) is 5.12 Å². The number of hydrogen-bond donors (Lipinski definition) is 0. The van der Waals surface area contributed by atoms with Gasteiger partial charge >= 0.3 is 0 Å². The normalized spacial score (nSPS) is 21.7. The highest BCUT2D eigenvalue weighted by atomic mass is 32.2. The van der Waals surface area contributed by atoms with E-state index in [-0.39, 0.29) is 11.0 Å². The van der Waals surface area contributed by atoms with Crippen molar-refractivity contribution in [3.05, 3.63) is 107 Å². The van der Waals surface area contributed by atoms with E-state index in [9.17, 15) is 9.59 Å². The zero-order valence-electron chi connectivity index (χ0n) is 17.6. The molecule has 1 amide bonds. The van der Waals surface area contributed by atoms with Gasteiger partial charge in [-0.25, -0.2) is 0 Å². The lowest BCUT2D eigenvalue weighted by Gasteiger charge is -2.17. The van der Waals surface area contributed by atoms with Crippen LogP contribution in [-0.2, 0) is 9.59 Å². The van der Waals surface area contributed by atoms with Crippen molar-refractivity contribution in [3.8, 4) is 0 Å². The molecule has 1 saturated heterocycles. The number of benzene rings is 3. The summed E-state index contributed by atoms with van der Waals surface area (Å²) in [6, 6.07) is 27.2. The number of amides is 1. The van der Waals surface area contributed by atoms with Crippen LogP contribution in [0.25, 0.3) is 5.57 Å². The number of anilines is 1. The van der Waals surface area contributed by atoms with Gasteiger partial charge in [-0.1, -0.05) is 90.6 Å². The highest BCUT2D eigenvalue weighted by Crippen LogP contribution is 2.51. The fraction of sp³-hybridized carbons (Fsp3) is 0.0385. The Kier molecular flexibility index (Phi) is 4.74. The van der Waals surface area contributed by atoms with Gasteiger partial charge in [0.15, 0.2) is 4.38 Å². The van der Waals surface area contributed by atoms with E-state index in [2.05, 4.69) is 10.2 Å². The summed E-state index contributed by atoms with van der Waals surface area (Å²) in [6.45, 7) is 0. The number of fused-ring (bicyclic) bond motifs is 2. The Morgan fingerprint density at radius 2 is 1.42 bits per heavy atom. The first-order chi connectivity index (χ1) is 16.1. The molecule has 0 bridgehead atoms. The number of carbonyl (C=O) groups excluding carboxylic acids is 2. The van der Waals surface area contributed by atoms with E-state index < -0.39 is 10.5 Å². The maximum atomic E-state index is 14.0. The van der Waals surface area contributed by atoms with Crippen LogP contribution in [-0.4, -0.2) is 33.0 Å². The summed E-state index contributed by atoms with van der Waals surface area (Å²) in [5, 5.41) is 8.96. The minimum Gasteiger partial charge on any atom is -0.311 e. The van der Waals surface area contributed by atoms with E-state index in [0.717, 1.165) is 27.2 Å². The van der Waals surface area contributed by atoms with Gasteiger partial charge in [0.25, 0.3) is 5.91 Å². The Hall–Kier alpha value is -3.55. The smallest absolute Gasteiger partial charge is 0.260 e. The molecule has 0 spiro atoms. The summed E-state index contributed by atoms with van der Waals surface area (Å²) in [5.74, 6) is -0.165. The Morgan fingerprint density at radius 3 is 2.15 bits per heavy atom. The SMILES string of the molecule is CN1C(=O)C(=C2SC3=NN=C(c4ccccc4)C(c4ccccc4)=S3C2=O)c2ccccc21. The van der Waals surface area contributed by atoms with Crippen molar-refractivity contribution < 1.29 is 9.59 Å². The van der Waals surface area contributed by atoms with Gasteiger partial charge in [0.1, 0.15) is 5.71 Å². The van der Waals surface area contributed by atoms with Crippen LogP contribution in [0.2, 0.25) is 0 Å². The van der Waals surface area contributed by atoms with Crippen LogP contribution in [0, 0.1) is 0 Å². The quantitative estimate of drug-likeness (QED) is 0.397. The predicted molar refractivity (Wildman–Crippen MR) is 138 cm³/mol. The van der Waals surface area contributed by atoms with Gasteiger partial charge in [-0.05, 0) is 22.1 Å². The second kappa shape index (κ2) is 7.79. The third-order valence-electron chi connectivity index (χ3n) is 5.75. The summed E-state index contributed by atoms with van der Waals surface area (Å²) in [6.07, 6.45) is 0. The maximum Gasteiger partial charge on any atom is 0.260 e. The van der Waals surface area contributed by atoms with Gasteiger partial charge in [-0.3, -0.25) is 9.59 Å². The molecule has 0 aliphatic carbocycles. The summed E-state index contributed by atoms with van der Waals surface area (Å²) in [5.41, 5.74) is 4.60. The molecule has 1 fully saturated rings. The molecule has 3 aliphatic heterocycles. The van der Waals surface area contributed by atoms with Gasteiger partial charge < -0.3 is 4.90 Å². The van der Waals surface area contributed by atoms with Gasteiger partial charge in [0, 0.05) is 23.0 Å². The molecule has 160 valence electrons. The van der Waals surface area contributed by atoms with Crippen molar-refractivity contribution in [1.29, 1.82) is 0 Å². The maximum absolute atomic E-state index is 14.0. The van der Waals surface area contributed by atoms with Crippen LogP contribution in [0.4, 0.5) is 5.69 Å². The summed E-state index contributed by atoms with van der Waals surface area (Å²) >= 11 is 1.28. The molecule has 7 heteroatoms. The highest BCUT2D eigenvalue weighted by Gasteiger charge is 2.42. The molecule has 5 nitrogen and oxygen atoms in total. The molecular weight excluding hydrogens is 450 g/mol. The third kappa shape index (κ3) is 3.08. The number of para-hydroxylation sites is 1. The molecule has 0 radical (unpaired) electrons. The number of nitrogens with zero attached hydrogens (tertiary/aromatic N) is 3. The standard InChI is InChI=1S/C26H17N3O2S2/c1-29-19-15-9-8-14-18(19)20(24(29)30)22-25(31)33-23(17-12-6-3-7-13-17)21(27-28-26(33)32-22)16-10-4-2-5-11-16/h2-15H,1H3. The van der Waals surface area contributed by atoms with Crippen LogP contribution >= 0.6 is 22.2 Å². The monoisotopic (exact) mass is 467 g/mol. The Balaban J connectivity index is 1.59. The lowest BCUT2D eigenvalue weighted by molar-refractivity contribution is -0.113. The van der Waals surface area contributed by atoms with Gasteiger partial charge in [-0.2, -0.15) is 0 Å². The number of carbonyl (C=O) groups is 2. The largest absolute Gasteiger partial charge is 0.311 e. The fourth-order valence-corrected chi connectivity index (χ4v) is 7.91. The van der Waals surface area contributed by atoms with Crippen molar-refractivity contribution in [2.75, 3.05) is 11.9 Å². The Labute approximate surface area is 197 Å². The average molecular weight is 468 g/mol. The van der Waals surface area contributed by atoms with Crippen molar-refractivity contribution >= 4 is 59.5 Å². The second-order valence-corrected chi connectivity index (χ2v) is 10.7. The zero-order chi connectivity index (χ0) is 22.5. The average Bonchev–Trinajstić information content (AvgIpc) is 3.33. The summed E-state index contributed by atoms with van der Waals surface area (Å²) in [4.78, 5) is 30.0. The number of hydrogen-bond acceptors (Lipinski definition) is 5. The fourth-order valence-electron chi connectivity index (χ4n) is 4.19. The van der Waals surface area contributed by atoms with Crippen LogP contribution in [0.5, 0.6) is 0 Å². The van der Waals surface area contributed by atoms with E-state index in [4.69, 9.17) is 0 Å². The summed E-state index contributed by atoms with van der Waals surface area (Å²) < 4.78 is 0.640. The topological polar surface area (TPSA) is 62.1 Å². The molecule has 3 heterocycles. The lowest BCUT2D eigenvalue weighted by Crippen LogP contribution is -2.22. The first kappa shape index (κ1) is 20.1.